The minimum atomic E-state index is -0.451. The molecule has 3 aromatic rings. The van der Waals surface area contributed by atoms with Gasteiger partial charge in [0.2, 0.25) is 0 Å². The van der Waals surface area contributed by atoms with Crippen LogP contribution in [0.4, 0.5) is 5.69 Å². The first-order valence-electron chi connectivity index (χ1n) is 7.16. The van der Waals surface area contributed by atoms with E-state index in [2.05, 4.69) is 5.32 Å². The molecular formula is C17H16N2O5. The second-order valence-corrected chi connectivity index (χ2v) is 5.13. The first-order chi connectivity index (χ1) is 11.5. The van der Waals surface area contributed by atoms with Crippen LogP contribution >= 0.6 is 0 Å². The summed E-state index contributed by atoms with van der Waals surface area (Å²) >= 11 is 0. The molecule has 0 unspecified atom stereocenters. The highest BCUT2D eigenvalue weighted by atomic mass is 16.5. The number of amides is 1. The molecule has 0 aliphatic rings. The number of anilines is 1. The maximum absolute atomic E-state index is 12.4. The van der Waals surface area contributed by atoms with E-state index in [-0.39, 0.29) is 5.91 Å². The zero-order valence-corrected chi connectivity index (χ0v) is 13.5. The molecule has 1 amide bonds. The number of ether oxygens (including phenoxy) is 2. The molecule has 0 bridgehead atoms. The molecule has 7 nitrogen and oxygen atoms in total. The van der Waals surface area contributed by atoms with E-state index in [9.17, 15) is 9.59 Å². The van der Waals surface area contributed by atoms with E-state index >= 15 is 0 Å². The molecule has 2 aromatic carbocycles. The second-order valence-electron chi connectivity index (χ2n) is 5.13. The molecule has 0 radical (unpaired) electrons. The number of methoxy groups -OCH3 is 2. The summed E-state index contributed by atoms with van der Waals surface area (Å²) in [6.45, 7) is 0. The van der Waals surface area contributed by atoms with Crippen LogP contribution in [-0.2, 0) is 7.05 Å². The Morgan fingerprint density at radius 3 is 2.54 bits per heavy atom. The predicted molar refractivity (Wildman–Crippen MR) is 89.0 cm³/mol. The highest BCUT2D eigenvalue weighted by Crippen LogP contribution is 2.28. The molecule has 1 aromatic heterocycles. The lowest BCUT2D eigenvalue weighted by Crippen LogP contribution is -2.12. The number of hydrogen-bond donors (Lipinski definition) is 1. The van der Waals surface area contributed by atoms with Crippen LogP contribution < -0.4 is 20.5 Å². The van der Waals surface area contributed by atoms with Gasteiger partial charge in [-0.15, -0.1) is 0 Å². The average Bonchev–Trinajstić information content (AvgIpc) is 2.88. The van der Waals surface area contributed by atoms with E-state index in [1.165, 1.54) is 18.8 Å². The zero-order valence-electron chi connectivity index (χ0n) is 13.5. The Labute approximate surface area is 137 Å². The third-order valence-electron chi connectivity index (χ3n) is 3.70. The number of benzene rings is 2. The number of aryl methyl sites for hydroxylation is 1. The number of hydrogen-bond acceptors (Lipinski definition) is 5. The summed E-state index contributed by atoms with van der Waals surface area (Å²) < 4.78 is 16.9. The van der Waals surface area contributed by atoms with Gasteiger partial charge in [0, 0.05) is 24.4 Å². The molecular weight excluding hydrogens is 312 g/mol. The minimum absolute atomic E-state index is 0.311. The lowest BCUT2D eigenvalue weighted by atomic mass is 10.1. The van der Waals surface area contributed by atoms with Crippen molar-refractivity contribution in [2.45, 2.75) is 0 Å². The van der Waals surface area contributed by atoms with Crippen LogP contribution in [0.15, 0.2) is 45.6 Å². The summed E-state index contributed by atoms with van der Waals surface area (Å²) in [7, 11) is 4.65. The minimum Gasteiger partial charge on any atom is -0.493 e. The molecule has 1 heterocycles. The van der Waals surface area contributed by atoms with Crippen LogP contribution in [0.5, 0.6) is 11.5 Å². The van der Waals surface area contributed by atoms with Gasteiger partial charge in [0.25, 0.3) is 5.91 Å². The number of carbonyl (C=O) groups excluding carboxylic acids is 1. The molecule has 3 rings (SSSR count). The molecule has 0 atom stereocenters. The Hall–Kier alpha value is -3.22. The van der Waals surface area contributed by atoms with Gasteiger partial charge in [-0.05, 0) is 30.3 Å². The highest BCUT2D eigenvalue weighted by molar-refractivity contribution is 6.05. The van der Waals surface area contributed by atoms with Gasteiger partial charge in [0.1, 0.15) is 0 Å². The van der Waals surface area contributed by atoms with Crippen molar-refractivity contribution in [1.29, 1.82) is 0 Å². The predicted octanol–water partition coefficient (Wildman–Crippen LogP) is 2.40. The summed E-state index contributed by atoms with van der Waals surface area (Å²) in [5.74, 6) is 0.248. The van der Waals surface area contributed by atoms with E-state index < -0.39 is 5.76 Å². The normalized spacial score (nSPS) is 10.6. The van der Waals surface area contributed by atoms with Crippen molar-refractivity contribution in [3.8, 4) is 11.5 Å². The van der Waals surface area contributed by atoms with Gasteiger partial charge in [-0.3, -0.25) is 9.36 Å². The maximum Gasteiger partial charge on any atom is 0.419 e. The van der Waals surface area contributed by atoms with Crippen molar-refractivity contribution in [3.63, 3.8) is 0 Å². The van der Waals surface area contributed by atoms with Gasteiger partial charge < -0.3 is 19.2 Å². The third-order valence-corrected chi connectivity index (χ3v) is 3.70. The number of rotatable bonds is 4. The largest absolute Gasteiger partial charge is 0.493 e. The van der Waals surface area contributed by atoms with E-state index in [1.807, 2.05) is 0 Å². The van der Waals surface area contributed by atoms with Crippen LogP contribution in [0, 0.1) is 0 Å². The molecule has 0 spiro atoms. The number of nitrogens with zero attached hydrogens (tertiary/aromatic N) is 1. The lowest BCUT2D eigenvalue weighted by Gasteiger charge is -2.10. The number of nitrogens with one attached hydrogen (secondary N) is 1. The van der Waals surface area contributed by atoms with Crippen molar-refractivity contribution in [3.05, 3.63) is 52.5 Å². The van der Waals surface area contributed by atoms with Gasteiger partial charge >= 0.3 is 5.76 Å². The maximum atomic E-state index is 12.4. The molecule has 7 heteroatoms. The average molecular weight is 328 g/mol. The molecule has 124 valence electrons. The van der Waals surface area contributed by atoms with E-state index in [0.717, 1.165) is 0 Å². The Balaban J connectivity index is 1.88. The van der Waals surface area contributed by atoms with Crippen LogP contribution in [0.25, 0.3) is 11.1 Å². The van der Waals surface area contributed by atoms with Gasteiger partial charge in [-0.2, -0.15) is 0 Å². The topological polar surface area (TPSA) is 82.7 Å². The van der Waals surface area contributed by atoms with Crippen LogP contribution in [-0.4, -0.2) is 24.7 Å². The van der Waals surface area contributed by atoms with Crippen molar-refractivity contribution < 1.29 is 18.7 Å². The van der Waals surface area contributed by atoms with Crippen LogP contribution in [0.2, 0.25) is 0 Å². The van der Waals surface area contributed by atoms with E-state index in [0.29, 0.717) is 33.8 Å². The molecule has 0 fully saturated rings. The molecule has 1 N–H and O–H groups in total. The van der Waals surface area contributed by atoms with Gasteiger partial charge in [0.05, 0.1) is 19.7 Å². The Kier molecular flexibility index (Phi) is 3.99. The number of oxazole rings is 1. The van der Waals surface area contributed by atoms with E-state index in [4.69, 9.17) is 13.9 Å². The number of aromatic nitrogens is 1. The van der Waals surface area contributed by atoms with Gasteiger partial charge in [-0.1, -0.05) is 0 Å². The zero-order chi connectivity index (χ0) is 17.3. The smallest absolute Gasteiger partial charge is 0.419 e. The summed E-state index contributed by atoms with van der Waals surface area (Å²) in [4.78, 5) is 23.9. The fourth-order valence-electron chi connectivity index (χ4n) is 2.39. The lowest BCUT2D eigenvalue weighted by molar-refractivity contribution is 0.102. The second kappa shape index (κ2) is 6.11. The fourth-order valence-corrected chi connectivity index (χ4v) is 2.39. The van der Waals surface area contributed by atoms with Gasteiger partial charge in [-0.25, -0.2) is 4.79 Å². The molecule has 0 saturated carbocycles. The SMILES string of the molecule is COc1ccc(C(=O)Nc2ccc3c(c2)oc(=O)n3C)cc1OC. The Morgan fingerprint density at radius 1 is 1.08 bits per heavy atom. The summed E-state index contributed by atoms with van der Waals surface area (Å²) in [6, 6.07) is 9.91. The van der Waals surface area contributed by atoms with Gasteiger partial charge in [0.15, 0.2) is 17.1 Å². The molecule has 0 aliphatic heterocycles. The third kappa shape index (κ3) is 2.71. The van der Waals surface area contributed by atoms with Crippen molar-refractivity contribution in [1.82, 2.24) is 4.57 Å². The Morgan fingerprint density at radius 2 is 1.83 bits per heavy atom. The molecule has 0 saturated heterocycles. The quantitative estimate of drug-likeness (QED) is 0.795. The monoisotopic (exact) mass is 328 g/mol. The van der Waals surface area contributed by atoms with E-state index in [1.54, 1.807) is 43.4 Å². The first kappa shape index (κ1) is 15.7. The van der Waals surface area contributed by atoms with Crippen LogP contribution in [0.3, 0.4) is 0 Å². The summed E-state index contributed by atoms with van der Waals surface area (Å²) in [6.07, 6.45) is 0. The molecule has 0 aliphatic carbocycles. The fraction of sp³-hybridized carbons (Fsp3) is 0.176. The standard InChI is InChI=1S/C17H16N2O5/c1-19-12-6-5-11(9-14(12)24-17(19)21)18-16(20)10-4-7-13(22-2)15(8-10)23-3/h4-9H,1-3H3,(H,18,20). The number of fused-ring (bicyclic) bond motifs is 1. The summed E-state index contributed by atoms with van der Waals surface area (Å²) in [5.41, 5.74) is 2.01. The highest BCUT2D eigenvalue weighted by Gasteiger charge is 2.12. The Bertz CT molecular complexity index is 971. The first-order valence-corrected chi connectivity index (χ1v) is 7.16. The van der Waals surface area contributed by atoms with Crippen molar-refractivity contribution in [2.75, 3.05) is 19.5 Å². The van der Waals surface area contributed by atoms with Crippen LogP contribution in [0.1, 0.15) is 10.4 Å². The summed E-state index contributed by atoms with van der Waals surface area (Å²) in [5, 5.41) is 2.76. The van der Waals surface area contributed by atoms with Crippen molar-refractivity contribution in [2.24, 2.45) is 7.05 Å². The molecule has 24 heavy (non-hydrogen) atoms. The van der Waals surface area contributed by atoms with Crippen molar-refractivity contribution >= 4 is 22.7 Å². The number of carbonyl (C=O) groups is 1.